The Morgan fingerprint density at radius 1 is 1.19 bits per heavy atom. The van der Waals surface area contributed by atoms with Crippen LogP contribution in [0.2, 0.25) is 5.02 Å². The van der Waals surface area contributed by atoms with E-state index in [1.165, 1.54) is 0 Å². The maximum absolute atomic E-state index is 12.9. The van der Waals surface area contributed by atoms with E-state index in [1.54, 1.807) is 17.1 Å². The highest BCUT2D eigenvalue weighted by atomic mass is 35.5. The van der Waals surface area contributed by atoms with Gasteiger partial charge in [0.05, 0.1) is 47.2 Å². The minimum atomic E-state index is -0.215. The number of carbonyl (C=O) groups excluding carboxylic acids is 1. The predicted octanol–water partition coefficient (Wildman–Crippen LogP) is 4.35. The zero-order valence-corrected chi connectivity index (χ0v) is 18.6. The standard InChI is InChI=1S/C23H26ClN5O2/c1-4-21-20(12-26-29(21)19-7-5-6-17(24)10-19)23(30)27-18-8-9-22(25-11-18)28-13-15(2)31-16(3)14-28/h5-12,15-16H,4,13-14H2,1-3H3,(H,27,30)/t15-,16-/m1/s1. The lowest BCUT2D eigenvalue weighted by Crippen LogP contribution is -2.45. The van der Waals surface area contributed by atoms with Crippen LogP contribution in [0.15, 0.2) is 48.8 Å². The van der Waals surface area contributed by atoms with Crippen LogP contribution in [0.25, 0.3) is 5.69 Å². The molecule has 2 atom stereocenters. The normalized spacial score (nSPS) is 18.8. The maximum Gasteiger partial charge on any atom is 0.259 e. The molecule has 0 spiro atoms. The molecule has 0 aliphatic carbocycles. The van der Waals surface area contributed by atoms with Gasteiger partial charge in [-0.25, -0.2) is 9.67 Å². The van der Waals surface area contributed by atoms with Crippen LogP contribution in [-0.4, -0.2) is 46.0 Å². The fraction of sp³-hybridized carbons (Fsp3) is 0.348. The van der Waals surface area contributed by atoms with Crippen molar-refractivity contribution < 1.29 is 9.53 Å². The van der Waals surface area contributed by atoms with E-state index in [2.05, 4.69) is 34.1 Å². The molecule has 7 nitrogen and oxygen atoms in total. The Kier molecular flexibility index (Phi) is 6.25. The molecule has 3 heterocycles. The number of anilines is 2. The molecular weight excluding hydrogens is 414 g/mol. The zero-order chi connectivity index (χ0) is 22.0. The Balaban J connectivity index is 1.50. The Hall–Kier alpha value is -2.90. The third-order valence-electron chi connectivity index (χ3n) is 5.25. The van der Waals surface area contributed by atoms with Gasteiger partial charge in [0.25, 0.3) is 5.91 Å². The van der Waals surface area contributed by atoms with Crippen LogP contribution in [0.1, 0.15) is 36.8 Å². The molecule has 2 aromatic heterocycles. The summed E-state index contributed by atoms with van der Waals surface area (Å²) in [4.78, 5) is 19.7. The number of benzene rings is 1. The number of carbonyl (C=O) groups is 1. The van der Waals surface area contributed by atoms with E-state index < -0.39 is 0 Å². The van der Waals surface area contributed by atoms with Crippen LogP contribution in [-0.2, 0) is 11.2 Å². The molecule has 1 N–H and O–H groups in total. The third kappa shape index (κ3) is 4.73. The SMILES string of the molecule is CCc1c(C(=O)Nc2ccc(N3C[C@@H](C)O[C@H](C)C3)nc2)cnn1-c1cccc(Cl)c1. The smallest absolute Gasteiger partial charge is 0.259 e. The number of nitrogens with zero attached hydrogens (tertiary/aromatic N) is 4. The van der Waals surface area contributed by atoms with Crippen LogP contribution >= 0.6 is 11.6 Å². The number of nitrogens with one attached hydrogen (secondary N) is 1. The van der Waals surface area contributed by atoms with Gasteiger partial charge in [-0.1, -0.05) is 24.6 Å². The number of halogens is 1. The van der Waals surface area contributed by atoms with Crippen molar-refractivity contribution in [2.24, 2.45) is 0 Å². The summed E-state index contributed by atoms with van der Waals surface area (Å²) in [6.07, 6.45) is 4.25. The highest BCUT2D eigenvalue weighted by Gasteiger charge is 2.23. The van der Waals surface area contributed by atoms with Crippen molar-refractivity contribution in [1.29, 1.82) is 0 Å². The van der Waals surface area contributed by atoms with Gasteiger partial charge in [-0.15, -0.1) is 0 Å². The van der Waals surface area contributed by atoms with E-state index >= 15 is 0 Å². The molecule has 1 fully saturated rings. The van der Waals surface area contributed by atoms with Crippen molar-refractivity contribution >= 4 is 29.0 Å². The topological polar surface area (TPSA) is 72.3 Å². The van der Waals surface area contributed by atoms with Crippen molar-refractivity contribution in [3.63, 3.8) is 0 Å². The van der Waals surface area contributed by atoms with E-state index in [-0.39, 0.29) is 18.1 Å². The Labute approximate surface area is 187 Å². The highest BCUT2D eigenvalue weighted by molar-refractivity contribution is 6.30. The number of morpholine rings is 1. The van der Waals surface area contributed by atoms with Crippen LogP contribution in [0.5, 0.6) is 0 Å². The van der Waals surface area contributed by atoms with Gasteiger partial charge >= 0.3 is 0 Å². The molecule has 1 aliphatic rings. The lowest BCUT2D eigenvalue weighted by Gasteiger charge is -2.36. The molecular formula is C23H26ClN5O2. The van der Waals surface area contributed by atoms with Crippen molar-refractivity contribution in [3.05, 3.63) is 65.1 Å². The van der Waals surface area contributed by atoms with Crippen molar-refractivity contribution in [2.45, 2.75) is 39.4 Å². The molecule has 1 saturated heterocycles. The molecule has 0 bridgehead atoms. The first-order valence-corrected chi connectivity index (χ1v) is 10.8. The third-order valence-corrected chi connectivity index (χ3v) is 5.49. The molecule has 0 saturated carbocycles. The highest BCUT2D eigenvalue weighted by Crippen LogP contribution is 2.22. The summed E-state index contributed by atoms with van der Waals surface area (Å²) in [5, 5.41) is 7.97. The fourth-order valence-electron chi connectivity index (χ4n) is 3.94. The number of hydrogen-bond acceptors (Lipinski definition) is 5. The van der Waals surface area contributed by atoms with Gasteiger partial charge in [0.1, 0.15) is 5.82 Å². The van der Waals surface area contributed by atoms with Gasteiger partial charge in [0.2, 0.25) is 0 Å². The quantitative estimate of drug-likeness (QED) is 0.639. The van der Waals surface area contributed by atoms with Crippen molar-refractivity contribution in [1.82, 2.24) is 14.8 Å². The number of pyridine rings is 1. The van der Waals surface area contributed by atoms with Crippen LogP contribution in [0, 0.1) is 0 Å². The number of aromatic nitrogens is 3. The van der Waals surface area contributed by atoms with Crippen LogP contribution < -0.4 is 10.2 Å². The lowest BCUT2D eigenvalue weighted by atomic mass is 10.2. The second kappa shape index (κ2) is 9.08. The second-order valence-corrected chi connectivity index (χ2v) is 8.21. The summed E-state index contributed by atoms with van der Waals surface area (Å²) in [7, 11) is 0. The molecule has 162 valence electrons. The monoisotopic (exact) mass is 439 g/mol. The van der Waals surface area contributed by atoms with Crippen molar-refractivity contribution in [3.8, 4) is 5.69 Å². The van der Waals surface area contributed by atoms with Gasteiger partial charge in [-0.2, -0.15) is 5.10 Å². The molecule has 1 amide bonds. The van der Waals surface area contributed by atoms with E-state index in [0.717, 1.165) is 30.3 Å². The predicted molar refractivity (Wildman–Crippen MR) is 122 cm³/mol. The summed E-state index contributed by atoms with van der Waals surface area (Å²) in [6, 6.07) is 11.2. The van der Waals surface area contributed by atoms with Crippen LogP contribution in [0.3, 0.4) is 0 Å². The lowest BCUT2D eigenvalue weighted by molar-refractivity contribution is -0.00545. The number of rotatable bonds is 5. The fourth-order valence-corrected chi connectivity index (χ4v) is 4.13. The average Bonchev–Trinajstić information content (AvgIpc) is 3.18. The maximum atomic E-state index is 12.9. The first-order valence-electron chi connectivity index (χ1n) is 10.4. The van der Waals surface area contributed by atoms with E-state index in [9.17, 15) is 4.79 Å². The molecule has 0 radical (unpaired) electrons. The summed E-state index contributed by atoms with van der Waals surface area (Å²) in [5.41, 5.74) is 2.81. The minimum absolute atomic E-state index is 0.161. The van der Waals surface area contributed by atoms with Gasteiger partial charge in [0.15, 0.2) is 0 Å². The Morgan fingerprint density at radius 3 is 2.61 bits per heavy atom. The Morgan fingerprint density at radius 2 is 1.97 bits per heavy atom. The number of hydrogen-bond donors (Lipinski definition) is 1. The minimum Gasteiger partial charge on any atom is -0.372 e. The first kappa shape index (κ1) is 21.3. The van der Waals surface area contributed by atoms with Gasteiger partial charge < -0.3 is 15.0 Å². The van der Waals surface area contributed by atoms with Gasteiger partial charge in [-0.05, 0) is 50.6 Å². The molecule has 3 aromatic rings. The van der Waals surface area contributed by atoms with E-state index in [0.29, 0.717) is 22.7 Å². The number of amides is 1. The first-order chi connectivity index (χ1) is 14.9. The molecule has 1 aliphatic heterocycles. The van der Waals surface area contributed by atoms with E-state index in [1.807, 2.05) is 43.3 Å². The van der Waals surface area contributed by atoms with Crippen molar-refractivity contribution in [2.75, 3.05) is 23.3 Å². The van der Waals surface area contributed by atoms with Gasteiger partial charge in [0, 0.05) is 18.1 Å². The molecule has 0 unspecified atom stereocenters. The largest absolute Gasteiger partial charge is 0.372 e. The van der Waals surface area contributed by atoms with Crippen LogP contribution in [0.4, 0.5) is 11.5 Å². The number of ether oxygens (including phenoxy) is 1. The summed E-state index contributed by atoms with van der Waals surface area (Å²) in [6.45, 7) is 7.71. The van der Waals surface area contributed by atoms with Gasteiger partial charge in [-0.3, -0.25) is 4.79 Å². The zero-order valence-electron chi connectivity index (χ0n) is 17.9. The molecule has 31 heavy (non-hydrogen) atoms. The van der Waals surface area contributed by atoms with E-state index in [4.69, 9.17) is 16.3 Å². The second-order valence-electron chi connectivity index (χ2n) is 7.77. The molecule has 4 rings (SSSR count). The average molecular weight is 440 g/mol. The molecule has 1 aromatic carbocycles. The summed E-state index contributed by atoms with van der Waals surface area (Å²) in [5.74, 6) is 0.663. The molecule has 8 heteroatoms. The Bertz CT molecular complexity index is 1060. The summed E-state index contributed by atoms with van der Waals surface area (Å²) >= 11 is 6.11. The summed E-state index contributed by atoms with van der Waals surface area (Å²) < 4.78 is 7.54.